The van der Waals surface area contributed by atoms with Gasteiger partial charge in [-0.2, -0.15) is 0 Å². The highest BCUT2D eigenvalue weighted by Gasteiger charge is 2.45. The summed E-state index contributed by atoms with van der Waals surface area (Å²) >= 11 is 0. The maximum absolute atomic E-state index is 13.7. The molecule has 4 aromatic rings. The summed E-state index contributed by atoms with van der Waals surface area (Å²) in [5.41, 5.74) is 7.60. The molecule has 2 aromatic carbocycles. The molecule has 0 unspecified atom stereocenters. The van der Waals surface area contributed by atoms with Crippen LogP contribution in [0.5, 0.6) is 5.75 Å². The number of carbonyl (C=O) groups excluding carboxylic acids is 8. The quantitative estimate of drug-likeness (QED) is 0.0363. The van der Waals surface area contributed by atoms with Crippen molar-refractivity contribution in [2.75, 3.05) is 25.0 Å². The number of urea groups is 1. The lowest BCUT2D eigenvalue weighted by Crippen LogP contribution is -2.54. The van der Waals surface area contributed by atoms with Crippen molar-refractivity contribution in [3.63, 3.8) is 0 Å². The second-order valence-corrected chi connectivity index (χ2v) is 18.5. The van der Waals surface area contributed by atoms with Crippen LogP contribution in [-0.2, 0) is 65.2 Å². The van der Waals surface area contributed by atoms with Gasteiger partial charge in [0.25, 0.3) is 5.56 Å². The molecule has 0 saturated carbocycles. The summed E-state index contributed by atoms with van der Waals surface area (Å²) in [6.45, 7) is 10.6. The Hall–Kier alpha value is -7.88. The molecule has 6 rings (SSSR count). The van der Waals surface area contributed by atoms with E-state index in [1.54, 1.807) is 87.7 Å². The van der Waals surface area contributed by atoms with Crippen molar-refractivity contribution in [3.8, 4) is 17.1 Å². The van der Waals surface area contributed by atoms with Gasteiger partial charge in [-0.25, -0.2) is 24.2 Å². The Balaban J connectivity index is 0.969. The van der Waals surface area contributed by atoms with Gasteiger partial charge in [0.15, 0.2) is 5.60 Å². The van der Waals surface area contributed by atoms with Crippen LogP contribution in [0.4, 0.5) is 20.1 Å². The number of cyclic esters (lactones) is 1. The number of amides is 7. The lowest BCUT2D eigenvalue weighted by molar-refractivity contribution is -0.172. The normalized spacial score (nSPS) is 15.2. The lowest BCUT2D eigenvalue weighted by Gasteiger charge is -2.31. The van der Waals surface area contributed by atoms with E-state index < -0.39 is 59.6 Å². The zero-order valence-corrected chi connectivity index (χ0v) is 41.7. The van der Waals surface area contributed by atoms with E-state index in [2.05, 4.69) is 31.9 Å². The number of aromatic nitrogens is 2. The van der Waals surface area contributed by atoms with E-state index in [1.807, 2.05) is 6.92 Å². The average molecular weight is 1010 g/mol. The monoisotopic (exact) mass is 1010 g/mol. The van der Waals surface area contributed by atoms with Gasteiger partial charge in [0.1, 0.15) is 36.8 Å². The van der Waals surface area contributed by atoms with E-state index in [9.17, 15) is 48.3 Å². The second kappa shape index (κ2) is 24.0. The number of hydrogen-bond donors (Lipinski definition) is 8. The van der Waals surface area contributed by atoms with E-state index in [-0.39, 0.29) is 112 Å². The van der Waals surface area contributed by atoms with Crippen LogP contribution in [-0.4, -0.2) is 94.1 Å². The number of nitrogens with two attached hydrogens (primary N) is 1. The molecule has 0 aliphatic carbocycles. The van der Waals surface area contributed by atoms with Crippen LogP contribution in [0, 0.1) is 11.8 Å². The predicted molar refractivity (Wildman–Crippen MR) is 266 cm³/mol. The fourth-order valence-corrected chi connectivity index (χ4v) is 8.55. The van der Waals surface area contributed by atoms with Gasteiger partial charge in [0.2, 0.25) is 17.7 Å². The first kappa shape index (κ1) is 54.5. The van der Waals surface area contributed by atoms with Crippen molar-refractivity contribution in [2.45, 2.75) is 118 Å². The van der Waals surface area contributed by atoms with Crippen LogP contribution >= 0.6 is 0 Å². The molecule has 4 heterocycles. The number of hydrogen-bond acceptors (Lipinski definition) is 14. The zero-order chi connectivity index (χ0) is 53.1. The molecule has 7 amide bonds. The van der Waals surface area contributed by atoms with Gasteiger partial charge in [0.05, 0.1) is 29.0 Å². The molecule has 0 saturated heterocycles. The number of esters is 1. The largest absolute Gasteiger partial charge is 0.458 e. The molecule has 390 valence electrons. The number of primary amides is 1. The summed E-state index contributed by atoms with van der Waals surface area (Å²) in [6.07, 6.45) is -0.599. The van der Waals surface area contributed by atoms with Crippen LogP contribution in [0.3, 0.4) is 0 Å². The van der Waals surface area contributed by atoms with E-state index in [4.69, 9.17) is 24.9 Å². The van der Waals surface area contributed by atoms with Crippen molar-refractivity contribution < 1.29 is 57.7 Å². The number of anilines is 1. The minimum Gasteiger partial charge on any atom is -0.458 e. The highest BCUT2D eigenvalue weighted by atomic mass is 16.6. The van der Waals surface area contributed by atoms with Crippen LogP contribution < -0.4 is 47.9 Å². The molecule has 9 N–H and O–H groups in total. The molecule has 0 fully saturated rings. The number of alkyl carbamates (subject to hydrolysis) is 1. The summed E-state index contributed by atoms with van der Waals surface area (Å²) in [5, 5.41) is 27.6. The molecule has 2 aliphatic heterocycles. The number of ketones is 1. The van der Waals surface area contributed by atoms with Crippen molar-refractivity contribution in [1.82, 2.24) is 36.1 Å². The minimum atomic E-state index is -1.95. The number of ether oxygens (including phenoxy) is 3. The molecule has 0 spiro atoms. The molecular weight excluding hydrogens is 947 g/mol. The number of fused-ring (bicyclic) bond motifs is 5. The Morgan fingerprint density at radius 2 is 1.58 bits per heavy atom. The van der Waals surface area contributed by atoms with Crippen molar-refractivity contribution in [2.24, 2.45) is 17.6 Å². The number of nitrogens with zero attached hydrogens (tertiary/aromatic N) is 2. The van der Waals surface area contributed by atoms with E-state index in [1.165, 1.54) is 0 Å². The highest BCUT2D eigenvalue weighted by molar-refractivity contribution is 5.99. The smallest absolute Gasteiger partial charge is 0.412 e. The SMILES string of the molecule is CCc1c2c(nc3ccc(OC(=O)NCCNC(=O)OCc4ccc(NC(=O)[C@H](CCCNC(N)=O)NC(=O)[C@@H](NC(=O)CCC(=O)C(C)C)C(C)C)cc4)cc13)-c1cc3c(c(=O)n1C2)COC(=O)[C@]3(O)CC. The first-order valence-electron chi connectivity index (χ1n) is 24.3. The molecule has 0 radical (unpaired) electrons. The van der Waals surface area contributed by atoms with Gasteiger partial charge in [0, 0.05) is 60.6 Å². The van der Waals surface area contributed by atoms with E-state index in [0.29, 0.717) is 34.6 Å². The number of aryl methyl sites for hydroxylation is 1. The molecular formula is C51H63N9O13. The summed E-state index contributed by atoms with van der Waals surface area (Å²) in [5.74, 6) is -2.87. The van der Waals surface area contributed by atoms with Crippen LogP contribution in [0.2, 0.25) is 0 Å². The summed E-state index contributed by atoms with van der Waals surface area (Å²) in [4.78, 5) is 119. The third-order valence-electron chi connectivity index (χ3n) is 12.7. The maximum atomic E-state index is 13.7. The standard InChI is InChI=1S/C51H63N9O13/c1-7-32-33-22-31(15-16-37(33)57-43-34(32)24-60-39(43)23-36-35(46(60)65)26-71-47(66)51(36,70)8-2)73-50(69)55-21-20-54-49(68)72-25-29-11-13-30(14-12-29)56-44(63)38(10-9-19-53-48(52)67)58-45(64)42(28(5)6)59-41(62)18-17-40(61)27(3)4/h11-16,22-23,27-28,38,42,70H,7-10,17-21,24-26H2,1-6H3,(H,54,68)(H,55,69)(H,56,63)(H,58,64)(H,59,62)(H3,52,53,67)/t38-,42-,51-/m0/s1. The van der Waals surface area contributed by atoms with Crippen LogP contribution in [0.1, 0.15) is 101 Å². The summed E-state index contributed by atoms with van der Waals surface area (Å²) in [6, 6.07) is 10.2. The van der Waals surface area contributed by atoms with Gasteiger partial charge in [-0.05, 0) is 79.1 Å². The number of nitrogens with one attached hydrogen (secondary N) is 6. The Labute approximate surface area is 420 Å². The van der Waals surface area contributed by atoms with Gasteiger partial charge in [-0.1, -0.05) is 53.7 Å². The van der Waals surface area contributed by atoms with Crippen molar-refractivity contribution in [1.29, 1.82) is 0 Å². The van der Waals surface area contributed by atoms with Crippen molar-refractivity contribution >= 4 is 64.3 Å². The number of rotatable bonds is 22. The van der Waals surface area contributed by atoms with Crippen molar-refractivity contribution in [3.05, 3.63) is 86.7 Å². The third kappa shape index (κ3) is 13.2. The summed E-state index contributed by atoms with van der Waals surface area (Å²) < 4.78 is 17.6. The molecule has 22 heteroatoms. The number of aliphatic hydroxyl groups is 1. The van der Waals surface area contributed by atoms with Gasteiger partial charge in [-0.15, -0.1) is 0 Å². The number of carbonyl (C=O) groups is 8. The summed E-state index contributed by atoms with van der Waals surface area (Å²) in [7, 11) is 0. The molecule has 2 aliphatic rings. The molecule has 2 aromatic heterocycles. The van der Waals surface area contributed by atoms with E-state index >= 15 is 0 Å². The highest BCUT2D eigenvalue weighted by Crippen LogP contribution is 2.41. The molecule has 3 atom stereocenters. The first-order valence-corrected chi connectivity index (χ1v) is 24.3. The Bertz CT molecular complexity index is 2850. The lowest BCUT2D eigenvalue weighted by atomic mass is 9.86. The van der Waals surface area contributed by atoms with Crippen LogP contribution in [0.15, 0.2) is 53.3 Å². The molecule has 0 bridgehead atoms. The fraction of sp³-hybridized carbons (Fsp3) is 0.451. The number of benzene rings is 2. The van der Waals surface area contributed by atoms with E-state index in [0.717, 1.165) is 16.5 Å². The number of Topliss-reactive ketones (excluding diaryl/α,β-unsaturated/α-hetero) is 1. The Kier molecular flexibility index (Phi) is 17.9. The topological polar surface area (TPSA) is 318 Å². The zero-order valence-electron chi connectivity index (χ0n) is 41.7. The van der Waals surface area contributed by atoms with Gasteiger partial charge >= 0.3 is 24.2 Å². The second-order valence-electron chi connectivity index (χ2n) is 18.5. The van der Waals surface area contributed by atoms with Crippen LogP contribution in [0.25, 0.3) is 22.3 Å². The maximum Gasteiger partial charge on any atom is 0.412 e. The Morgan fingerprint density at radius 1 is 0.863 bits per heavy atom. The van der Waals surface area contributed by atoms with Gasteiger partial charge in [-0.3, -0.25) is 24.0 Å². The Morgan fingerprint density at radius 3 is 2.23 bits per heavy atom. The third-order valence-corrected chi connectivity index (χ3v) is 12.7. The average Bonchev–Trinajstić information content (AvgIpc) is 3.72. The van der Waals surface area contributed by atoms with Gasteiger partial charge < -0.3 is 61.5 Å². The molecule has 22 nitrogen and oxygen atoms in total. The fourth-order valence-electron chi connectivity index (χ4n) is 8.55. The first-order chi connectivity index (χ1) is 34.7. The minimum absolute atomic E-state index is 0.00242. The molecule has 73 heavy (non-hydrogen) atoms. The number of pyridine rings is 2. The predicted octanol–water partition coefficient (Wildman–Crippen LogP) is 3.67.